The number of carbonyl (C=O) groups is 3. The normalized spacial score (nSPS) is 13.3. The molecule has 2 amide bonds. The third-order valence-electron chi connectivity index (χ3n) is 3.08. The Kier molecular flexibility index (Phi) is 6.78. The van der Waals surface area contributed by atoms with Gasteiger partial charge in [0, 0.05) is 0 Å². The molecule has 0 saturated heterocycles. The van der Waals surface area contributed by atoms with E-state index in [0.717, 1.165) is 0 Å². The molecule has 1 aromatic carbocycles. The molecule has 1 rings (SSSR count). The van der Waals surface area contributed by atoms with Gasteiger partial charge in [0.05, 0.1) is 7.11 Å². The van der Waals surface area contributed by atoms with E-state index in [1.54, 1.807) is 20.8 Å². The molecule has 0 spiro atoms. The van der Waals surface area contributed by atoms with E-state index in [1.165, 1.54) is 38.3 Å². The summed E-state index contributed by atoms with van der Waals surface area (Å²) in [6.07, 6.45) is -0.741. The zero-order valence-corrected chi connectivity index (χ0v) is 15.0. The lowest BCUT2D eigenvalue weighted by Gasteiger charge is -2.23. The average Bonchev–Trinajstić information content (AvgIpc) is 2.50. The highest BCUT2D eigenvalue weighted by Gasteiger charge is 2.27. The highest BCUT2D eigenvalue weighted by Crippen LogP contribution is 2.18. The second-order valence-corrected chi connectivity index (χ2v) is 6.42. The molecule has 2 atom stereocenters. The van der Waals surface area contributed by atoms with E-state index in [2.05, 4.69) is 10.6 Å². The number of alkyl carbamates (subject to hydrolysis) is 1. The van der Waals surface area contributed by atoms with Gasteiger partial charge < -0.3 is 25.2 Å². The second-order valence-electron chi connectivity index (χ2n) is 6.42. The molecule has 0 bridgehead atoms. The van der Waals surface area contributed by atoms with Crippen molar-refractivity contribution in [3.8, 4) is 5.75 Å². The summed E-state index contributed by atoms with van der Waals surface area (Å²) in [6, 6.07) is 3.76. The molecule has 0 aliphatic heterocycles. The predicted octanol–water partition coefficient (Wildman–Crippen LogP) is 1.64. The van der Waals surface area contributed by atoms with Crippen molar-refractivity contribution in [3.05, 3.63) is 29.8 Å². The van der Waals surface area contributed by atoms with Gasteiger partial charge in [0.1, 0.15) is 17.4 Å². The Bertz CT molecular complexity index is 621. The first-order valence-corrected chi connectivity index (χ1v) is 7.70. The molecule has 0 aromatic heterocycles. The Labute approximate surface area is 146 Å². The summed E-state index contributed by atoms with van der Waals surface area (Å²) in [5, 5.41) is 14.2. The second kappa shape index (κ2) is 8.36. The number of nitrogens with one attached hydrogen (secondary N) is 2. The van der Waals surface area contributed by atoms with Crippen LogP contribution in [-0.2, 0) is 19.1 Å². The smallest absolute Gasteiger partial charge is 0.408 e. The quantitative estimate of drug-likeness (QED) is 0.694. The molecule has 25 heavy (non-hydrogen) atoms. The fraction of sp³-hybridized carbons (Fsp3) is 0.471. The SMILES string of the molecule is COC(=O)C(NC(=O)[C@H](C)NC(=O)OC(C)(C)C)c1ccc(O)cc1. The molecule has 1 aromatic rings. The number of phenolic OH excluding ortho intramolecular Hbond substituents is 1. The van der Waals surface area contributed by atoms with Crippen LogP contribution in [0.25, 0.3) is 0 Å². The van der Waals surface area contributed by atoms with Crippen LogP contribution >= 0.6 is 0 Å². The first-order chi connectivity index (χ1) is 11.5. The van der Waals surface area contributed by atoms with Crippen molar-refractivity contribution in [2.45, 2.75) is 45.4 Å². The number of aromatic hydroxyl groups is 1. The van der Waals surface area contributed by atoms with Gasteiger partial charge in [-0.05, 0) is 45.4 Å². The molecule has 1 unspecified atom stereocenters. The molecule has 8 heteroatoms. The molecule has 0 saturated carbocycles. The molecule has 8 nitrogen and oxygen atoms in total. The Morgan fingerprint density at radius 3 is 2.12 bits per heavy atom. The van der Waals surface area contributed by atoms with Gasteiger partial charge in [-0.15, -0.1) is 0 Å². The molecule has 0 aliphatic carbocycles. The number of esters is 1. The predicted molar refractivity (Wildman–Crippen MR) is 89.8 cm³/mol. The Hall–Kier alpha value is -2.77. The van der Waals surface area contributed by atoms with Gasteiger partial charge in [-0.1, -0.05) is 12.1 Å². The number of ether oxygens (including phenoxy) is 2. The van der Waals surface area contributed by atoms with Crippen LogP contribution in [0.3, 0.4) is 0 Å². The largest absolute Gasteiger partial charge is 0.508 e. The summed E-state index contributed by atoms with van der Waals surface area (Å²) in [5.74, 6) is -1.24. The van der Waals surface area contributed by atoms with Gasteiger partial charge in [-0.25, -0.2) is 9.59 Å². The van der Waals surface area contributed by atoms with Gasteiger partial charge in [-0.2, -0.15) is 0 Å². The number of hydrogen-bond donors (Lipinski definition) is 3. The first kappa shape index (κ1) is 20.3. The number of amides is 2. The third kappa shape index (κ3) is 6.70. The van der Waals surface area contributed by atoms with Crippen molar-refractivity contribution in [2.75, 3.05) is 7.11 Å². The maximum Gasteiger partial charge on any atom is 0.408 e. The summed E-state index contributed by atoms with van der Waals surface area (Å²) in [5.41, 5.74) is -0.261. The first-order valence-electron chi connectivity index (χ1n) is 7.70. The molecule has 0 radical (unpaired) electrons. The van der Waals surface area contributed by atoms with Crippen LogP contribution in [0.4, 0.5) is 4.79 Å². The summed E-state index contributed by atoms with van der Waals surface area (Å²) in [7, 11) is 1.20. The van der Waals surface area contributed by atoms with E-state index in [4.69, 9.17) is 9.47 Å². The van der Waals surface area contributed by atoms with Gasteiger partial charge in [-0.3, -0.25) is 4.79 Å². The number of hydrogen-bond acceptors (Lipinski definition) is 6. The highest BCUT2D eigenvalue weighted by molar-refractivity contribution is 5.90. The van der Waals surface area contributed by atoms with Crippen LogP contribution < -0.4 is 10.6 Å². The van der Waals surface area contributed by atoms with Crippen molar-refractivity contribution < 1.29 is 29.0 Å². The lowest BCUT2D eigenvalue weighted by molar-refractivity contribution is -0.145. The molecule has 3 N–H and O–H groups in total. The molecule has 0 aliphatic rings. The van der Waals surface area contributed by atoms with E-state index in [0.29, 0.717) is 5.56 Å². The molecular formula is C17H24N2O6. The van der Waals surface area contributed by atoms with Gasteiger partial charge in [0.2, 0.25) is 5.91 Å². The molecular weight excluding hydrogens is 328 g/mol. The fourth-order valence-corrected chi connectivity index (χ4v) is 1.88. The van der Waals surface area contributed by atoms with Crippen molar-refractivity contribution in [2.24, 2.45) is 0 Å². The topological polar surface area (TPSA) is 114 Å². The minimum Gasteiger partial charge on any atom is -0.508 e. The summed E-state index contributed by atoms with van der Waals surface area (Å²) in [4.78, 5) is 36.0. The fourth-order valence-electron chi connectivity index (χ4n) is 1.88. The average molecular weight is 352 g/mol. The minimum atomic E-state index is -1.07. The van der Waals surface area contributed by atoms with Gasteiger partial charge in [0.15, 0.2) is 6.04 Å². The van der Waals surface area contributed by atoms with Crippen molar-refractivity contribution in [1.82, 2.24) is 10.6 Å². The number of benzene rings is 1. The maximum atomic E-state index is 12.3. The monoisotopic (exact) mass is 352 g/mol. The van der Waals surface area contributed by atoms with Crippen LogP contribution in [0.15, 0.2) is 24.3 Å². The lowest BCUT2D eigenvalue weighted by atomic mass is 10.1. The van der Waals surface area contributed by atoms with Crippen molar-refractivity contribution in [3.63, 3.8) is 0 Å². The number of methoxy groups -OCH3 is 1. The standard InChI is InChI=1S/C17H24N2O6/c1-10(18-16(23)25-17(2,3)4)14(21)19-13(15(22)24-5)11-6-8-12(20)9-7-11/h6-10,13,20H,1-5H3,(H,18,23)(H,19,21)/t10-,13?/m0/s1. The Morgan fingerprint density at radius 1 is 1.08 bits per heavy atom. The Balaban J connectivity index is 2.79. The summed E-state index contributed by atoms with van der Waals surface area (Å²) >= 11 is 0. The van der Waals surface area contributed by atoms with Crippen LogP contribution in [0.5, 0.6) is 5.75 Å². The van der Waals surface area contributed by atoms with E-state index < -0.39 is 35.7 Å². The maximum absolute atomic E-state index is 12.3. The number of carbonyl (C=O) groups excluding carboxylic acids is 3. The molecule has 0 heterocycles. The third-order valence-corrected chi connectivity index (χ3v) is 3.08. The van der Waals surface area contributed by atoms with Crippen LogP contribution in [0.2, 0.25) is 0 Å². The molecule has 0 fully saturated rings. The zero-order chi connectivity index (χ0) is 19.2. The van der Waals surface area contributed by atoms with E-state index in [-0.39, 0.29) is 5.75 Å². The van der Waals surface area contributed by atoms with E-state index in [1.807, 2.05) is 0 Å². The van der Waals surface area contributed by atoms with Crippen molar-refractivity contribution in [1.29, 1.82) is 0 Å². The molecule has 138 valence electrons. The lowest BCUT2D eigenvalue weighted by Crippen LogP contribution is -2.48. The zero-order valence-electron chi connectivity index (χ0n) is 15.0. The van der Waals surface area contributed by atoms with Crippen LogP contribution in [0, 0.1) is 0 Å². The van der Waals surface area contributed by atoms with Gasteiger partial charge in [0.25, 0.3) is 0 Å². The summed E-state index contributed by atoms with van der Waals surface area (Å²) in [6.45, 7) is 6.57. The summed E-state index contributed by atoms with van der Waals surface area (Å²) < 4.78 is 9.78. The van der Waals surface area contributed by atoms with Crippen LogP contribution in [-0.4, -0.2) is 41.8 Å². The van der Waals surface area contributed by atoms with Crippen LogP contribution in [0.1, 0.15) is 39.3 Å². The Morgan fingerprint density at radius 2 is 1.64 bits per heavy atom. The minimum absolute atomic E-state index is 0.0265. The van der Waals surface area contributed by atoms with E-state index in [9.17, 15) is 19.5 Å². The van der Waals surface area contributed by atoms with Crippen molar-refractivity contribution >= 4 is 18.0 Å². The van der Waals surface area contributed by atoms with E-state index >= 15 is 0 Å². The van der Waals surface area contributed by atoms with Gasteiger partial charge >= 0.3 is 12.1 Å². The highest BCUT2D eigenvalue weighted by atomic mass is 16.6. The number of phenols is 1. The number of rotatable bonds is 5.